The number of nitrogens with zero attached hydrogens (tertiary/aromatic N) is 2. The Morgan fingerprint density at radius 1 is 0.400 bits per heavy atom. The average molecular weight is 618 g/mol. The Morgan fingerprint density at radius 3 is 1.18 bits per heavy atom. The van der Waals surface area contributed by atoms with Gasteiger partial charge in [0.1, 0.15) is 12.4 Å². The Kier molecular flexibility index (Phi) is 9.06. The highest BCUT2D eigenvalue weighted by Crippen LogP contribution is 2.51. The predicted molar refractivity (Wildman–Crippen MR) is 192 cm³/mol. The highest BCUT2D eigenvalue weighted by molar-refractivity contribution is 7.73. The molecule has 0 saturated heterocycles. The van der Waals surface area contributed by atoms with Crippen LogP contribution in [0.2, 0.25) is 0 Å². The van der Waals surface area contributed by atoms with Gasteiger partial charge in [0.15, 0.2) is 11.6 Å². The fraction of sp³-hybridized carbons (Fsp3) is 0.0488. The van der Waals surface area contributed by atoms with E-state index in [0.29, 0.717) is 0 Å². The van der Waals surface area contributed by atoms with E-state index in [1.165, 1.54) is 32.3 Å². The predicted octanol–water partition coefficient (Wildman–Crippen LogP) is 8.14. The summed E-state index contributed by atoms with van der Waals surface area (Å²) in [6, 6.07) is 66.2. The van der Waals surface area contributed by atoms with E-state index in [1.54, 1.807) is 0 Å². The van der Waals surface area contributed by atoms with E-state index in [4.69, 9.17) is 0 Å². The van der Waals surface area contributed by atoms with Crippen molar-refractivity contribution < 1.29 is 4.57 Å². The van der Waals surface area contributed by atoms with Gasteiger partial charge < -0.3 is 0 Å². The molecule has 0 amide bonds. The fourth-order valence-electron chi connectivity index (χ4n) is 6.05. The first-order valence-electron chi connectivity index (χ1n) is 15.3. The van der Waals surface area contributed by atoms with Crippen molar-refractivity contribution in [2.45, 2.75) is 11.6 Å². The van der Waals surface area contributed by atoms with Gasteiger partial charge in [-0.3, -0.25) is 0 Å². The number of imidazole rings is 1. The van der Waals surface area contributed by atoms with Crippen LogP contribution in [0.1, 0.15) is 22.7 Å². The van der Waals surface area contributed by atoms with E-state index in [9.17, 15) is 0 Å². The van der Waals surface area contributed by atoms with E-state index in [1.807, 2.05) is 0 Å². The molecule has 0 bridgehead atoms. The van der Waals surface area contributed by atoms with E-state index < -0.39 is 15.8 Å². The molecular weight excluding hydrogens is 582 g/mol. The third kappa shape index (κ3) is 6.45. The Balaban J connectivity index is 1.41. The number of benzene rings is 6. The smallest absolute Gasteiger partial charge is 0.225 e. The first-order valence-corrected chi connectivity index (χ1v) is 18.2. The molecule has 0 N–H and O–H groups in total. The minimum atomic E-state index is -0.775. The Labute approximate surface area is 268 Å². The molecule has 1 aromatic heterocycles. The van der Waals surface area contributed by atoms with Gasteiger partial charge in [0, 0.05) is 27.0 Å². The highest BCUT2D eigenvalue weighted by Gasteiger charge is 2.35. The summed E-state index contributed by atoms with van der Waals surface area (Å²) in [6.45, 7) is 0. The SMILES string of the molecule is c1ccc([C@H](n2cc[n+]([C@@H](c3ccccc3)P(c3ccccc3)c3ccccc3)c2)P(c2ccccc2)c2ccccc2)cc1. The van der Waals surface area contributed by atoms with Crippen molar-refractivity contribution in [2.24, 2.45) is 0 Å². The van der Waals surface area contributed by atoms with Crippen LogP contribution in [-0.4, -0.2) is 4.57 Å². The van der Waals surface area contributed by atoms with Gasteiger partial charge in [-0.25, -0.2) is 9.13 Å². The molecule has 0 radical (unpaired) electrons. The molecule has 2 nitrogen and oxygen atoms in total. The van der Waals surface area contributed by atoms with Gasteiger partial charge >= 0.3 is 0 Å². The van der Waals surface area contributed by atoms with Crippen molar-refractivity contribution >= 4 is 37.1 Å². The quantitative estimate of drug-likeness (QED) is 0.108. The zero-order valence-corrected chi connectivity index (χ0v) is 26.8. The summed E-state index contributed by atoms with van der Waals surface area (Å²) in [4.78, 5) is 0. The van der Waals surface area contributed by atoms with Crippen molar-refractivity contribution in [2.75, 3.05) is 0 Å². The lowest BCUT2D eigenvalue weighted by atomic mass is 10.2. The molecule has 6 aromatic carbocycles. The Bertz CT molecular complexity index is 1680. The number of hydrogen-bond donors (Lipinski definition) is 0. The monoisotopic (exact) mass is 617 g/mol. The molecule has 0 fully saturated rings. The second-order valence-electron chi connectivity index (χ2n) is 11.0. The van der Waals surface area contributed by atoms with Crippen LogP contribution in [-0.2, 0) is 0 Å². The molecule has 0 spiro atoms. The van der Waals surface area contributed by atoms with Crippen LogP contribution in [0.15, 0.2) is 201 Å². The standard InChI is InChI=1S/C41H35N2P2/c1-7-19-34(20-8-1)40(44(36-23-11-3-12-24-36)37-25-13-4-14-26-37)42-31-32-43(33-42)41(35-21-9-2-10-22-35)45(38-27-15-5-16-28-38)39-29-17-6-18-30-39/h1-33,40-41H/q+1/t40-,41-/m1/s1. The first-order chi connectivity index (χ1) is 22.4. The van der Waals surface area contributed by atoms with Gasteiger partial charge in [0.25, 0.3) is 0 Å². The van der Waals surface area contributed by atoms with Crippen molar-refractivity contribution in [1.82, 2.24) is 4.57 Å². The topological polar surface area (TPSA) is 8.81 Å². The molecule has 0 aliphatic carbocycles. The normalized spacial score (nSPS) is 12.7. The minimum absolute atomic E-state index is 0.114. The highest BCUT2D eigenvalue weighted by atomic mass is 31.1. The van der Waals surface area contributed by atoms with Gasteiger partial charge in [-0.05, 0) is 21.2 Å². The van der Waals surface area contributed by atoms with Gasteiger partial charge in [0.05, 0.1) is 0 Å². The lowest BCUT2D eigenvalue weighted by Crippen LogP contribution is -2.41. The van der Waals surface area contributed by atoms with Crippen LogP contribution in [0.4, 0.5) is 0 Å². The van der Waals surface area contributed by atoms with E-state index in [2.05, 4.69) is 210 Å². The second kappa shape index (κ2) is 14.0. The zero-order chi connectivity index (χ0) is 30.3. The van der Waals surface area contributed by atoms with E-state index >= 15 is 0 Å². The third-order valence-electron chi connectivity index (χ3n) is 8.06. The largest absolute Gasteiger partial charge is 0.245 e. The van der Waals surface area contributed by atoms with Gasteiger partial charge in [-0.2, -0.15) is 0 Å². The number of hydrogen-bond acceptors (Lipinski definition) is 0. The summed E-state index contributed by atoms with van der Waals surface area (Å²) in [7, 11) is -1.55. The van der Waals surface area contributed by atoms with Crippen LogP contribution >= 0.6 is 15.8 Å². The van der Waals surface area contributed by atoms with E-state index in [0.717, 1.165) is 0 Å². The zero-order valence-electron chi connectivity index (χ0n) is 25.0. The fourth-order valence-corrected chi connectivity index (χ4v) is 11.5. The van der Waals surface area contributed by atoms with Gasteiger partial charge in [-0.15, -0.1) is 0 Å². The summed E-state index contributed by atoms with van der Waals surface area (Å²) < 4.78 is 4.92. The Morgan fingerprint density at radius 2 is 0.756 bits per heavy atom. The van der Waals surface area contributed by atoms with Crippen LogP contribution in [0.3, 0.4) is 0 Å². The lowest BCUT2D eigenvalue weighted by molar-refractivity contribution is -0.692. The third-order valence-corrected chi connectivity index (χ3v) is 13.6. The molecule has 7 rings (SSSR count). The van der Waals surface area contributed by atoms with Crippen molar-refractivity contribution in [3.8, 4) is 0 Å². The maximum atomic E-state index is 2.46. The van der Waals surface area contributed by atoms with Crippen LogP contribution in [0.25, 0.3) is 0 Å². The maximum Gasteiger partial charge on any atom is 0.245 e. The second-order valence-corrected chi connectivity index (χ2v) is 15.5. The molecule has 218 valence electrons. The molecule has 45 heavy (non-hydrogen) atoms. The number of aromatic nitrogens is 2. The van der Waals surface area contributed by atoms with Crippen LogP contribution in [0, 0.1) is 0 Å². The maximum absolute atomic E-state index is 2.46. The molecule has 2 atom stereocenters. The summed E-state index contributed by atoms with van der Waals surface area (Å²) >= 11 is 0. The molecule has 0 saturated carbocycles. The van der Waals surface area contributed by atoms with Gasteiger partial charge in [-0.1, -0.05) is 182 Å². The van der Waals surface area contributed by atoms with E-state index in [-0.39, 0.29) is 11.6 Å². The molecule has 4 heteroatoms. The Hall–Kier alpha value is -4.61. The minimum Gasteiger partial charge on any atom is -0.225 e. The summed E-state index contributed by atoms with van der Waals surface area (Å²) in [6.07, 6.45) is 6.94. The van der Waals surface area contributed by atoms with Crippen LogP contribution in [0.5, 0.6) is 0 Å². The van der Waals surface area contributed by atoms with Crippen LogP contribution < -0.4 is 25.8 Å². The van der Waals surface area contributed by atoms with Crippen molar-refractivity contribution in [3.05, 3.63) is 212 Å². The molecular formula is C41H35N2P2+. The first kappa shape index (κ1) is 29.1. The lowest BCUT2D eigenvalue weighted by Gasteiger charge is -2.28. The van der Waals surface area contributed by atoms with Crippen molar-refractivity contribution in [1.29, 1.82) is 0 Å². The van der Waals surface area contributed by atoms with Crippen molar-refractivity contribution in [3.63, 3.8) is 0 Å². The average Bonchev–Trinajstić information content (AvgIpc) is 3.61. The molecule has 0 aliphatic heterocycles. The van der Waals surface area contributed by atoms with Gasteiger partial charge in [0.2, 0.25) is 6.33 Å². The summed E-state index contributed by atoms with van der Waals surface area (Å²) in [5.41, 5.74) is 2.62. The summed E-state index contributed by atoms with van der Waals surface area (Å²) in [5.74, 6) is 0.228. The molecule has 0 unspecified atom stereocenters. The molecule has 0 aliphatic rings. The number of rotatable bonds is 10. The summed E-state index contributed by atoms with van der Waals surface area (Å²) in [5, 5.41) is 5.46. The molecule has 1 heterocycles. The molecule has 7 aromatic rings.